The number of nitrogens with zero attached hydrogens (tertiary/aromatic N) is 1. The van der Waals surface area contributed by atoms with Crippen LogP contribution in [-0.2, 0) is 15.8 Å². The molecule has 0 aliphatic carbocycles. The Kier molecular flexibility index (Phi) is 6.28. The number of aliphatic hydroxyl groups excluding tert-OH is 1. The molecule has 4 rings (SSSR count). The van der Waals surface area contributed by atoms with Gasteiger partial charge in [0.1, 0.15) is 11.5 Å². The van der Waals surface area contributed by atoms with Gasteiger partial charge in [-0.05, 0) is 66.2 Å². The maximum Gasteiger partial charge on any atom is 0.416 e. The van der Waals surface area contributed by atoms with Crippen LogP contribution in [0.25, 0.3) is 5.76 Å². The highest BCUT2D eigenvalue weighted by Crippen LogP contribution is 2.43. The average molecular weight is 497 g/mol. The molecule has 1 heterocycles. The second kappa shape index (κ2) is 9.21. The maximum absolute atomic E-state index is 13.1. The molecule has 1 unspecified atom stereocenters. The highest BCUT2D eigenvalue weighted by Gasteiger charge is 2.47. The van der Waals surface area contributed by atoms with Gasteiger partial charge in [-0.1, -0.05) is 12.1 Å². The number of hydrogen-bond acceptors (Lipinski definition) is 5. The van der Waals surface area contributed by atoms with Crippen LogP contribution in [0.4, 0.5) is 18.9 Å². The summed E-state index contributed by atoms with van der Waals surface area (Å²) in [6.07, 6.45) is -4.60. The minimum Gasteiger partial charge on any atom is -0.507 e. The summed E-state index contributed by atoms with van der Waals surface area (Å²) in [5.74, 6) is -3.32. The number of anilines is 1. The normalized spacial score (nSPS) is 17.3. The van der Waals surface area contributed by atoms with Crippen molar-refractivity contribution >= 4 is 29.1 Å². The number of Topliss-reactive ketones (excluding diaryl/α,β-unsaturated/α-hetero) is 1. The number of rotatable bonds is 5. The molecule has 1 aliphatic heterocycles. The summed E-state index contributed by atoms with van der Waals surface area (Å²) in [5.41, 5.74) is -0.828. The molecule has 1 atom stereocenters. The van der Waals surface area contributed by atoms with Gasteiger partial charge in [-0.15, -0.1) is 0 Å². The Bertz CT molecular complexity index is 1360. The molecule has 0 saturated carbocycles. The number of aromatic carboxylic acids is 1. The zero-order valence-corrected chi connectivity index (χ0v) is 18.6. The van der Waals surface area contributed by atoms with Crippen molar-refractivity contribution in [3.8, 4) is 5.75 Å². The number of alkyl halides is 3. The Labute approximate surface area is 202 Å². The number of halogens is 3. The summed E-state index contributed by atoms with van der Waals surface area (Å²) < 4.78 is 44.3. The number of amides is 1. The zero-order chi connectivity index (χ0) is 26.2. The van der Waals surface area contributed by atoms with E-state index in [0.717, 1.165) is 29.2 Å². The van der Waals surface area contributed by atoms with Crippen molar-refractivity contribution in [2.45, 2.75) is 12.2 Å². The molecule has 0 radical (unpaired) electrons. The molecule has 10 heteroatoms. The lowest BCUT2D eigenvalue weighted by Crippen LogP contribution is -2.29. The molecule has 0 spiro atoms. The number of aliphatic hydroxyl groups is 1. The van der Waals surface area contributed by atoms with Gasteiger partial charge in [0.15, 0.2) is 0 Å². The number of hydrogen-bond donors (Lipinski definition) is 2. The first-order valence-electron chi connectivity index (χ1n) is 10.5. The fourth-order valence-corrected chi connectivity index (χ4v) is 3.94. The molecular weight excluding hydrogens is 479 g/mol. The number of carboxylic acids is 1. The van der Waals surface area contributed by atoms with Crippen LogP contribution in [0.15, 0.2) is 78.4 Å². The zero-order valence-electron chi connectivity index (χ0n) is 18.6. The van der Waals surface area contributed by atoms with Crippen LogP contribution in [0.3, 0.4) is 0 Å². The van der Waals surface area contributed by atoms with Crippen LogP contribution in [0, 0.1) is 0 Å². The van der Waals surface area contributed by atoms with Gasteiger partial charge in [-0.3, -0.25) is 14.5 Å². The second-order valence-corrected chi connectivity index (χ2v) is 7.87. The van der Waals surface area contributed by atoms with Gasteiger partial charge in [0.25, 0.3) is 11.7 Å². The van der Waals surface area contributed by atoms with Crippen molar-refractivity contribution in [1.29, 1.82) is 0 Å². The number of carbonyl (C=O) groups excluding carboxylic acids is 2. The van der Waals surface area contributed by atoms with Crippen LogP contribution in [0.1, 0.15) is 33.1 Å². The molecule has 3 aromatic carbocycles. The highest BCUT2D eigenvalue weighted by molar-refractivity contribution is 6.51. The Morgan fingerprint density at radius 2 is 1.42 bits per heavy atom. The predicted octanol–water partition coefficient (Wildman–Crippen LogP) is 5.04. The van der Waals surface area contributed by atoms with E-state index in [2.05, 4.69) is 0 Å². The molecule has 184 valence electrons. The lowest BCUT2D eigenvalue weighted by Gasteiger charge is -2.26. The Balaban J connectivity index is 1.89. The van der Waals surface area contributed by atoms with Crippen molar-refractivity contribution in [2.24, 2.45) is 0 Å². The number of methoxy groups -OCH3 is 1. The third-order valence-electron chi connectivity index (χ3n) is 5.75. The highest BCUT2D eigenvalue weighted by atomic mass is 19.4. The van der Waals surface area contributed by atoms with Gasteiger partial charge >= 0.3 is 12.1 Å². The molecular formula is C26H18F3NO6. The molecule has 3 aromatic rings. The fourth-order valence-electron chi connectivity index (χ4n) is 3.94. The topological polar surface area (TPSA) is 104 Å². The Hall–Kier alpha value is -4.60. The first-order chi connectivity index (χ1) is 17.0. The largest absolute Gasteiger partial charge is 0.507 e. The Morgan fingerprint density at radius 3 is 1.92 bits per heavy atom. The van der Waals surface area contributed by atoms with E-state index in [1.807, 2.05) is 0 Å². The number of ether oxygens (including phenoxy) is 1. The van der Waals surface area contributed by atoms with Crippen LogP contribution in [0.2, 0.25) is 0 Å². The minimum absolute atomic E-state index is 0.00816. The molecule has 2 N–H and O–H groups in total. The van der Waals surface area contributed by atoms with Crippen molar-refractivity contribution < 1.29 is 42.5 Å². The molecule has 1 fully saturated rings. The lowest BCUT2D eigenvalue weighted by atomic mass is 9.94. The van der Waals surface area contributed by atoms with Crippen LogP contribution in [0.5, 0.6) is 5.75 Å². The van der Waals surface area contributed by atoms with Gasteiger partial charge in [-0.25, -0.2) is 4.79 Å². The third-order valence-corrected chi connectivity index (χ3v) is 5.75. The monoisotopic (exact) mass is 497 g/mol. The minimum atomic E-state index is -4.60. The van der Waals surface area contributed by atoms with Crippen molar-refractivity contribution in [3.05, 3.63) is 101 Å². The summed E-state index contributed by atoms with van der Waals surface area (Å²) in [7, 11) is 1.45. The first-order valence-corrected chi connectivity index (χ1v) is 10.5. The average Bonchev–Trinajstić information content (AvgIpc) is 3.13. The molecule has 1 aliphatic rings. The van der Waals surface area contributed by atoms with Gasteiger partial charge in [-0.2, -0.15) is 13.2 Å². The van der Waals surface area contributed by atoms with E-state index in [9.17, 15) is 37.8 Å². The predicted molar refractivity (Wildman–Crippen MR) is 123 cm³/mol. The van der Waals surface area contributed by atoms with Crippen molar-refractivity contribution in [2.75, 3.05) is 12.0 Å². The van der Waals surface area contributed by atoms with Crippen LogP contribution >= 0.6 is 0 Å². The van der Waals surface area contributed by atoms with E-state index in [-0.39, 0.29) is 28.0 Å². The van der Waals surface area contributed by atoms with Gasteiger partial charge in [0.05, 0.1) is 29.9 Å². The molecule has 36 heavy (non-hydrogen) atoms. The van der Waals surface area contributed by atoms with Gasteiger partial charge in [0.2, 0.25) is 0 Å². The summed E-state index contributed by atoms with van der Waals surface area (Å²) in [6.45, 7) is 0. The van der Waals surface area contributed by atoms with E-state index in [0.29, 0.717) is 5.75 Å². The third kappa shape index (κ3) is 4.40. The summed E-state index contributed by atoms with van der Waals surface area (Å²) >= 11 is 0. The maximum atomic E-state index is 13.1. The summed E-state index contributed by atoms with van der Waals surface area (Å²) in [4.78, 5) is 38.4. The van der Waals surface area contributed by atoms with E-state index in [4.69, 9.17) is 4.74 Å². The molecule has 7 nitrogen and oxygen atoms in total. The van der Waals surface area contributed by atoms with Gasteiger partial charge < -0.3 is 14.9 Å². The lowest BCUT2D eigenvalue weighted by molar-refractivity contribution is -0.137. The molecule has 1 saturated heterocycles. The molecule has 0 bridgehead atoms. The quantitative estimate of drug-likeness (QED) is 0.291. The molecule has 1 amide bonds. The van der Waals surface area contributed by atoms with Crippen LogP contribution < -0.4 is 9.64 Å². The van der Waals surface area contributed by atoms with Crippen molar-refractivity contribution in [1.82, 2.24) is 0 Å². The van der Waals surface area contributed by atoms with Crippen molar-refractivity contribution in [3.63, 3.8) is 0 Å². The van der Waals surface area contributed by atoms with Gasteiger partial charge in [0, 0.05) is 11.3 Å². The number of carbonyl (C=O) groups is 3. The van der Waals surface area contributed by atoms with Crippen LogP contribution in [-0.4, -0.2) is 35.0 Å². The van der Waals surface area contributed by atoms with E-state index in [1.54, 1.807) is 0 Å². The first kappa shape index (κ1) is 24.5. The van der Waals surface area contributed by atoms with E-state index >= 15 is 0 Å². The number of benzene rings is 3. The molecule has 0 aromatic heterocycles. The number of carboxylic acid groups (broad SMARTS) is 1. The Morgan fingerprint density at radius 1 is 0.861 bits per heavy atom. The fraction of sp³-hybridized carbons (Fsp3) is 0.115. The van der Waals surface area contributed by atoms with E-state index < -0.39 is 41.2 Å². The SMILES string of the molecule is COc1ccc(/C(O)=C2/C(=O)C(=O)N(c3ccc(C(F)(F)F)cc3)C2c2ccc(C(=O)O)cc2)cc1. The standard InChI is InChI=1S/C26H18F3NO6/c1-36-19-12-6-15(7-13-19)22(31)20-21(14-2-4-16(5-3-14)25(34)35)30(24(33)23(20)32)18-10-8-17(9-11-18)26(27,28)29/h2-13,21,31H,1H3,(H,34,35)/b22-20-. The van der Waals surface area contributed by atoms with E-state index in [1.165, 1.54) is 55.6 Å². The smallest absolute Gasteiger partial charge is 0.416 e. The number of ketones is 1. The summed E-state index contributed by atoms with van der Waals surface area (Å²) in [5, 5.41) is 20.3. The summed E-state index contributed by atoms with van der Waals surface area (Å²) in [6, 6.07) is 13.7. The second-order valence-electron chi connectivity index (χ2n) is 7.87.